The summed E-state index contributed by atoms with van der Waals surface area (Å²) >= 11 is 0. The Balaban J connectivity index is 1.67. The molecule has 8 heteroatoms. The Labute approximate surface area is 189 Å². The Morgan fingerprint density at radius 1 is 1.09 bits per heavy atom. The number of aliphatic hydroxyl groups is 4. The summed E-state index contributed by atoms with van der Waals surface area (Å²) in [6.45, 7) is 4.05. The van der Waals surface area contributed by atoms with E-state index in [-0.39, 0.29) is 35.7 Å². The van der Waals surface area contributed by atoms with E-state index >= 15 is 0 Å². The third-order valence-electron chi connectivity index (χ3n) is 11.2. The third-order valence-corrected chi connectivity index (χ3v) is 11.2. The van der Waals surface area contributed by atoms with Gasteiger partial charge in [0.15, 0.2) is 0 Å². The van der Waals surface area contributed by atoms with Crippen LogP contribution in [0.3, 0.4) is 0 Å². The summed E-state index contributed by atoms with van der Waals surface area (Å²) in [6.07, 6.45) is -0.0296. The van der Waals surface area contributed by atoms with E-state index in [1.165, 1.54) is 0 Å². The largest absolute Gasteiger partial charge is 0.392 e. The van der Waals surface area contributed by atoms with Crippen molar-refractivity contribution in [2.45, 2.75) is 74.3 Å². The van der Waals surface area contributed by atoms with Gasteiger partial charge in [0.1, 0.15) is 11.2 Å². The van der Waals surface area contributed by atoms with Gasteiger partial charge >= 0.3 is 0 Å². The SMILES string of the molecule is CCN1C[C@]2(COC)CC[C@H](O)C34[C@@H]5CC6[C@H](O)C5[C@](O)(C[C@@H]6OC)[C@](O)([C@H]13)[C@@H](OC)[C@@H]42. The number of likely N-dealkylation sites (tertiary alicyclic amines) is 1. The van der Waals surface area contributed by atoms with Crippen LogP contribution in [0.15, 0.2) is 0 Å². The fourth-order valence-corrected chi connectivity index (χ4v) is 10.7. The van der Waals surface area contributed by atoms with Gasteiger partial charge in [0.25, 0.3) is 0 Å². The summed E-state index contributed by atoms with van der Waals surface area (Å²) in [5.41, 5.74) is -4.15. The maximum absolute atomic E-state index is 12.8. The molecule has 182 valence electrons. The summed E-state index contributed by atoms with van der Waals surface area (Å²) in [7, 11) is 4.95. The first-order valence-electron chi connectivity index (χ1n) is 12.3. The summed E-state index contributed by atoms with van der Waals surface area (Å²) < 4.78 is 17.7. The van der Waals surface area contributed by atoms with Crippen molar-refractivity contribution in [2.75, 3.05) is 41.0 Å². The van der Waals surface area contributed by atoms with E-state index in [4.69, 9.17) is 14.2 Å². The van der Waals surface area contributed by atoms with Crippen LogP contribution in [-0.4, -0.2) is 108 Å². The second-order valence-electron chi connectivity index (χ2n) is 11.7. The van der Waals surface area contributed by atoms with Gasteiger partial charge in [-0.25, -0.2) is 0 Å². The second-order valence-corrected chi connectivity index (χ2v) is 11.7. The van der Waals surface area contributed by atoms with Crippen molar-refractivity contribution in [3.05, 3.63) is 0 Å². The van der Waals surface area contributed by atoms with E-state index in [0.29, 0.717) is 26.0 Å². The first-order valence-corrected chi connectivity index (χ1v) is 12.3. The molecule has 1 saturated heterocycles. The number of piperidine rings is 1. The highest BCUT2D eigenvalue weighted by Crippen LogP contribution is 2.80. The molecule has 32 heavy (non-hydrogen) atoms. The molecule has 1 heterocycles. The normalized spacial score (nSPS) is 62.4. The number of hydrogen-bond acceptors (Lipinski definition) is 8. The standard InChI is InChI=1S/C24H39NO7/c1-5-25-10-21(11-30-2)7-6-15(26)23-13-8-12-14(31-3)9-22(28,16(13)17(12)27)24(29,20(23)25)19(32-4)18(21)23/h12-20,26-29H,5-11H2,1-4H3/t12?,13-,14+,15+,16?,17+,18-,19+,20-,21+,22-,23?,24-/m1/s1. The Bertz CT molecular complexity index is 798. The second kappa shape index (κ2) is 6.66. The Morgan fingerprint density at radius 2 is 1.84 bits per heavy atom. The molecular weight excluding hydrogens is 414 g/mol. The molecule has 0 aromatic heterocycles. The van der Waals surface area contributed by atoms with Crippen molar-refractivity contribution < 1.29 is 34.6 Å². The molecule has 1 aliphatic heterocycles. The van der Waals surface area contributed by atoms with Crippen LogP contribution in [0.4, 0.5) is 0 Å². The molecule has 6 aliphatic rings. The highest BCUT2D eigenvalue weighted by atomic mass is 16.5. The zero-order valence-electron chi connectivity index (χ0n) is 19.6. The van der Waals surface area contributed by atoms with Crippen LogP contribution in [0.25, 0.3) is 0 Å². The van der Waals surface area contributed by atoms with E-state index in [2.05, 4.69) is 11.8 Å². The number of likely N-dealkylation sites (N-methyl/N-ethyl adjacent to an activating group) is 1. The minimum Gasteiger partial charge on any atom is -0.392 e. The summed E-state index contributed by atoms with van der Waals surface area (Å²) in [5.74, 6) is -0.889. The average molecular weight is 454 g/mol. The lowest BCUT2D eigenvalue weighted by Crippen LogP contribution is -2.81. The van der Waals surface area contributed by atoms with Crippen molar-refractivity contribution in [3.8, 4) is 0 Å². The summed E-state index contributed by atoms with van der Waals surface area (Å²) in [5, 5.41) is 48.5. The Morgan fingerprint density at radius 3 is 2.47 bits per heavy atom. The molecular formula is C24H39NO7. The maximum atomic E-state index is 12.8. The van der Waals surface area contributed by atoms with Gasteiger partial charge < -0.3 is 34.6 Å². The molecule has 5 aliphatic carbocycles. The van der Waals surface area contributed by atoms with Crippen LogP contribution in [0.5, 0.6) is 0 Å². The van der Waals surface area contributed by atoms with Crippen molar-refractivity contribution >= 4 is 0 Å². The highest BCUT2D eigenvalue weighted by molar-refractivity contribution is 5.41. The van der Waals surface area contributed by atoms with E-state index < -0.39 is 46.9 Å². The smallest absolute Gasteiger partial charge is 0.136 e. The molecule has 4 N–H and O–H groups in total. The number of fused-ring (bicyclic) bond motifs is 2. The van der Waals surface area contributed by atoms with E-state index in [0.717, 1.165) is 13.0 Å². The molecule has 0 aromatic rings. The third kappa shape index (κ3) is 1.99. The van der Waals surface area contributed by atoms with Gasteiger partial charge in [-0.15, -0.1) is 0 Å². The van der Waals surface area contributed by atoms with Gasteiger partial charge in [-0.3, -0.25) is 4.90 Å². The predicted octanol–water partition coefficient (Wildman–Crippen LogP) is -0.383. The predicted molar refractivity (Wildman–Crippen MR) is 114 cm³/mol. The monoisotopic (exact) mass is 453 g/mol. The number of rotatable bonds is 5. The number of hydrogen-bond donors (Lipinski definition) is 4. The van der Waals surface area contributed by atoms with Crippen LogP contribution >= 0.6 is 0 Å². The zero-order chi connectivity index (χ0) is 22.8. The fourth-order valence-electron chi connectivity index (χ4n) is 10.7. The van der Waals surface area contributed by atoms with Gasteiger partial charge in [0.2, 0.25) is 0 Å². The summed E-state index contributed by atoms with van der Waals surface area (Å²) in [4.78, 5) is 2.28. The molecule has 0 aromatic carbocycles. The van der Waals surface area contributed by atoms with Crippen LogP contribution < -0.4 is 0 Å². The highest BCUT2D eigenvalue weighted by Gasteiger charge is 2.91. The molecule has 13 atom stereocenters. The lowest BCUT2D eigenvalue weighted by molar-refractivity contribution is -0.317. The lowest BCUT2D eigenvalue weighted by atomic mass is 9.42. The maximum Gasteiger partial charge on any atom is 0.136 e. The molecule has 6 fully saturated rings. The molecule has 0 radical (unpaired) electrons. The number of nitrogens with zero attached hydrogens (tertiary/aromatic N) is 1. The van der Waals surface area contributed by atoms with E-state index in [9.17, 15) is 20.4 Å². The van der Waals surface area contributed by atoms with Crippen molar-refractivity contribution in [1.82, 2.24) is 4.90 Å². The molecule has 7 bridgehead atoms. The average Bonchev–Trinajstić information content (AvgIpc) is 3.14. The van der Waals surface area contributed by atoms with Gasteiger partial charge in [-0.1, -0.05) is 6.92 Å². The van der Waals surface area contributed by atoms with Crippen LogP contribution in [0.1, 0.15) is 32.6 Å². The van der Waals surface area contributed by atoms with Gasteiger partial charge in [0, 0.05) is 62.9 Å². The number of ether oxygens (including phenoxy) is 3. The molecule has 3 unspecified atom stereocenters. The van der Waals surface area contributed by atoms with Crippen molar-refractivity contribution in [1.29, 1.82) is 0 Å². The van der Waals surface area contributed by atoms with Crippen molar-refractivity contribution in [3.63, 3.8) is 0 Å². The Hall–Kier alpha value is -0.320. The summed E-state index contributed by atoms with van der Waals surface area (Å²) in [6, 6.07) is -0.442. The molecule has 5 saturated carbocycles. The fraction of sp³-hybridized carbons (Fsp3) is 1.00. The minimum absolute atomic E-state index is 0.102. The topological polar surface area (TPSA) is 112 Å². The first-order chi connectivity index (χ1) is 15.2. The van der Waals surface area contributed by atoms with Gasteiger partial charge in [0.05, 0.1) is 37.1 Å². The molecule has 1 spiro atoms. The minimum atomic E-state index is -1.63. The molecule has 0 amide bonds. The number of aliphatic hydroxyl groups excluding tert-OH is 2. The number of methoxy groups -OCH3 is 3. The van der Waals surface area contributed by atoms with E-state index in [1.54, 1.807) is 21.3 Å². The van der Waals surface area contributed by atoms with Crippen LogP contribution in [-0.2, 0) is 14.2 Å². The van der Waals surface area contributed by atoms with Gasteiger partial charge in [-0.05, 0) is 31.7 Å². The molecule has 8 nitrogen and oxygen atoms in total. The van der Waals surface area contributed by atoms with Crippen LogP contribution in [0.2, 0.25) is 0 Å². The first kappa shape index (κ1) is 22.2. The Kier molecular flexibility index (Phi) is 4.62. The van der Waals surface area contributed by atoms with E-state index in [1.807, 2.05) is 0 Å². The quantitative estimate of drug-likeness (QED) is 0.446. The van der Waals surface area contributed by atoms with Crippen LogP contribution in [0, 0.1) is 34.5 Å². The lowest BCUT2D eigenvalue weighted by Gasteiger charge is -2.69. The van der Waals surface area contributed by atoms with Gasteiger partial charge in [-0.2, -0.15) is 0 Å². The van der Waals surface area contributed by atoms with Crippen molar-refractivity contribution in [2.24, 2.45) is 34.5 Å². The molecule has 6 rings (SSSR count). The zero-order valence-corrected chi connectivity index (χ0v) is 19.6.